The molecule has 0 fully saturated rings. The molecule has 1 heterocycles. The standard InChI is InChI=1S/C16H12BrN3O3S/c17-11-4-6-13(7-5-11)24-9-14(21)18-12-3-1-2-10(8-12)15-19-16(22)23-20-15/h1-8H,9H2,(H,18,21)(H,19,20,22). The summed E-state index contributed by atoms with van der Waals surface area (Å²) in [7, 11) is 0. The first-order valence-corrected chi connectivity index (χ1v) is 8.73. The van der Waals surface area contributed by atoms with E-state index < -0.39 is 5.76 Å². The van der Waals surface area contributed by atoms with Gasteiger partial charge in [-0.3, -0.25) is 14.3 Å². The number of anilines is 1. The van der Waals surface area contributed by atoms with E-state index in [4.69, 9.17) is 0 Å². The third-order valence-electron chi connectivity index (χ3n) is 3.04. The van der Waals surface area contributed by atoms with Gasteiger partial charge in [-0.05, 0) is 36.4 Å². The third-order valence-corrected chi connectivity index (χ3v) is 4.58. The Morgan fingerprint density at radius 3 is 2.75 bits per heavy atom. The number of nitrogens with one attached hydrogen (secondary N) is 2. The lowest BCUT2D eigenvalue weighted by Gasteiger charge is -2.06. The van der Waals surface area contributed by atoms with E-state index in [1.807, 2.05) is 24.3 Å². The molecule has 3 aromatic rings. The highest BCUT2D eigenvalue weighted by molar-refractivity contribution is 9.10. The number of carbonyl (C=O) groups excluding carboxylic acids is 1. The second-order valence-corrected chi connectivity index (χ2v) is 6.78. The van der Waals surface area contributed by atoms with Crippen molar-refractivity contribution in [1.82, 2.24) is 10.1 Å². The zero-order valence-corrected chi connectivity index (χ0v) is 14.7. The third kappa shape index (κ3) is 4.36. The topological polar surface area (TPSA) is 88.0 Å². The van der Waals surface area contributed by atoms with Crippen LogP contribution in [0, 0.1) is 0 Å². The van der Waals surface area contributed by atoms with Crippen molar-refractivity contribution in [3.63, 3.8) is 0 Å². The van der Waals surface area contributed by atoms with Crippen LogP contribution in [-0.2, 0) is 4.79 Å². The van der Waals surface area contributed by atoms with Crippen molar-refractivity contribution in [2.75, 3.05) is 11.1 Å². The molecule has 8 heteroatoms. The SMILES string of the molecule is O=C(CSc1ccc(Br)cc1)Nc1cccc(-c2noc(=O)[nH]2)c1. The van der Waals surface area contributed by atoms with E-state index in [0.717, 1.165) is 9.37 Å². The Kier molecular flexibility index (Phi) is 5.17. The molecule has 0 unspecified atom stereocenters. The Labute approximate surface area is 149 Å². The maximum absolute atomic E-state index is 12.1. The van der Waals surface area contributed by atoms with E-state index >= 15 is 0 Å². The van der Waals surface area contributed by atoms with Crippen molar-refractivity contribution < 1.29 is 9.32 Å². The molecule has 0 bridgehead atoms. The average molecular weight is 406 g/mol. The van der Waals surface area contributed by atoms with Gasteiger partial charge in [0.15, 0.2) is 5.82 Å². The van der Waals surface area contributed by atoms with Gasteiger partial charge in [-0.2, -0.15) is 0 Å². The first kappa shape index (κ1) is 16.5. The fourth-order valence-corrected chi connectivity index (χ4v) is 2.94. The number of H-pyrrole nitrogens is 1. The lowest BCUT2D eigenvalue weighted by Crippen LogP contribution is -2.13. The van der Waals surface area contributed by atoms with Crippen LogP contribution in [0.2, 0.25) is 0 Å². The molecule has 0 saturated heterocycles. The number of amides is 1. The molecule has 0 saturated carbocycles. The highest BCUT2D eigenvalue weighted by Gasteiger charge is 2.07. The molecular weight excluding hydrogens is 394 g/mol. The number of aromatic amines is 1. The largest absolute Gasteiger partial charge is 0.439 e. The molecule has 0 radical (unpaired) electrons. The fraction of sp³-hybridized carbons (Fsp3) is 0.0625. The van der Waals surface area contributed by atoms with Gasteiger partial charge in [0.05, 0.1) is 5.75 Å². The summed E-state index contributed by atoms with van der Waals surface area (Å²) in [5, 5.41) is 6.45. The van der Waals surface area contributed by atoms with Crippen molar-refractivity contribution in [3.8, 4) is 11.4 Å². The minimum Gasteiger partial charge on any atom is -0.325 e. The number of aromatic nitrogens is 2. The predicted octanol–water partition coefficient (Wildman–Crippen LogP) is 3.52. The summed E-state index contributed by atoms with van der Waals surface area (Å²) in [6.07, 6.45) is 0. The van der Waals surface area contributed by atoms with Crippen LogP contribution in [0.4, 0.5) is 5.69 Å². The number of carbonyl (C=O) groups is 1. The molecule has 122 valence electrons. The second kappa shape index (κ2) is 7.50. The summed E-state index contributed by atoms with van der Waals surface area (Å²) in [4.78, 5) is 26.6. The molecule has 0 spiro atoms. The summed E-state index contributed by atoms with van der Waals surface area (Å²) < 4.78 is 5.48. The van der Waals surface area contributed by atoms with Crippen molar-refractivity contribution in [2.45, 2.75) is 4.90 Å². The number of hydrogen-bond acceptors (Lipinski definition) is 5. The molecule has 0 aliphatic rings. The summed E-state index contributed by atoms with van der Waals surface area (Å²) in [6.45, 7) is 0. The molecule has 0 aliphatic carbocycles. The lowest BCUT2D eigenvalue weighted by atomic mass is 10.2. The van der Waals surface area contributed by atoms with Gasteiger partial charge in [0.2, 0.25) is 5.91 Å². The fourth-order valence-electron chi connectivity index (χ4n) is 1.98. The average Bonchev–Trinajstić information content (AvgIpc) is 3.01. The predicted molar refractivity (Wildman–Crippen MR) is 96.1 cm³/mol. The normalized spacial score (nSPS) is 10.5. The molecule has 1 amide bonds. The van der Waals surface area contributed by atoms with Crippen LogP contribution in [0.1, 0.15) is 0 Å². The summed E-state index contributed by atoms with van der Waals surface area (Å²) in [5.74, 6) is -0.119. The Morgan fingerprint density at radius 1 is 1.25 bits per heavy atom. The van der Waals surface area contributed by atoms with E-state index in [0.29, 0.717) is 22.8 Å². The van der Waals surface area contributed by atoms with Crippen LogP contribution in [0.15, 0.2) is 67.2 Å². The van der Waals surface area contributed by atoms with E-state index in [-0.39, 0.29) is 5.91 Å². The van der Waals surface area contributed by atoms with E-state index in [9.17, 15) is 9.59 Å². The Hall–Kier alpha value is -2.32. The van der Waals surface area contributed by atoms with Crippen molar-refractivity contribution in [3.05, 3.63) is 63.6 Å². The summed E-state index contributed by atoms with van der Waals surface area (Å²) in [6, 6.07) is 14.8. The minimum absolute atomic E-state index is 0.117. The van der Waals surface area contributed by atoms with Crippen LogP contribution < -0.4 is 11.1 Å². The number of rotatable bonds is 5. The van der Waals surface area contributed by atoms with Gasteiger partial charge in [-0.1, -0.05) is 33.2 Å². The first-order chi connectivity index (χ1) is 11.6. The number of benzene rings is 2. The quantitative estimate of drug-likeness (QED) is 0.633. The molecule has 0 aliphatic heterocycles. The van der Waals surface area contributed by atoms with Gasteiger partial charge in [0, 0.05) is 20.6 Å². The maximum atomic E-state index is 12.1. The monoisotopic (exact) mass is 405 g/mol. The van der Waals surface area contributed by atoms with Crippen LogP contribution in [0.25, 0.3) is 11.4 Å². The number of thioether (sulfide) groups is 1. The van der Waals surface area contributed by atoms with Crippen LogP contribution in [0.3, 0.4) is 0 Å². The van der Waals surface area contributed by atoms with Gasteiger partial charge in [-0.15, -0.1) is 11.8 Å². The molecular formula is C16H12BrN3O3S. The zero-order chi connectivity index (χ0) is 16.9. The Bertz CT molecular complexity index is 905. The highest BCUT2D eigenvalue weighted by Crippen LogP contribution is 2.22. The highest BCUT2D eigenvalue weighted by atomic mass is 79.9. The number of hydrogen-bond donors (Lipinski definition) is 2. The maximum Gasteiger partial charge on any atom is 0.439 e. The smallest absolute Gasteiger partial charge is 0.325 e. The minimum atomic E-state index is -0.620. The molecule has 2 N–H and O–H groups in total. The van der Waals surface area contributed by atoms with Crippen LogP contribution in [0.5, 0.6) is 0 Å². The molecule has 1 aromatic heterocycles. The molecule has 0 atom stereocenters. The summed E-state index contributed by atoms with van der Waals surface area (Å²) >= 11 is 4.83. The number of halogens is 1. The lowest BCUT2D eigenvalue weighted by molar-refractivity contribution is -0.113. The zero-order valence-electron chi connectivity index (χ0n) is 12.3. The van der Waals surface area contributed by atoms with E-state index in [2.05, 4.69) is 35.9 Å². The van der Waals surface area contributed by atoms with Crippen LogP contribution in [-0.4, -0.2) is 21.8 Å². The number of nitrogens with zero attached hydrogens (tertiary/aromatic N) is 1. The molecule has 2 aromatic carbocycles. The Morgan fingerprint density at radius 2 is 2.04 bits per heavy atom. The van der Waals surface area contributed by atoms with Crippen LogP contribution >= 0.6 is 27.7 Å². The van der Waals surface area contributed by atoms with E-state index in [1.165, 1.54) is 11.8 Å². The molecule has 3 rings (SSSR count). The van der Waals surface area contributed by atoms with Crippen molar-refractivity contribution in [2.24, 2.45) is 0 Å². The van der Waals surface area contributed by atoms with Gasteiger partial charge in [0.25, 0.3) is 0 Å². The molecule has 24 heavy (non-hydrogen) atoms. The molecule has 6 nitrogen and oxygen atoms in total. The Balaban J connectivity index is 1.62. The van der Waals surface area contributed by atoms with Crippen molar-refractivity contribution >= 4 is 39.3 Å². The van der Waals surface area contributed by atoms with Gasteiger partial charge in [0.1, 0.15) is 0 Å². The van der Waals surface area contributed by atoms with Gasteiger partial charge in [-0.25, -0.2) is 4.79 Å². The van der Waals surface area contributed by atoms with Gasteiger partial charge >= 0.3 is 5.76 Å². The van der Waals surface area contributed by atoms with E-state index in [1.54, 1.807) is 24.3 Å². The second-order valence-electron chi connectivity index (χ2n) is 4.82. The summed E-state index contributed by atoms with van der Waals surface area (Å²) in [5.41, 5.74) is 1.27. The van der Waals surface area contributed by atoms with Crippen molar-refractivity contribution in [1.29, 1.82) is 0 Å². The first-order valence-electron chi connectivity index (χ1n) is 6.95. The van der Waals surface area contributed by atoms with Gasteiger partial charge < -0.3 is 5.32 Å².